The van der Waals surface area contributed by atoms with Crippen molar-refractivity contribution in [3.8, 4) is 11.5 Å². The monoisotopic (exact) mass is 390 g/mol. The Labute approximate surface area is 158 Å². The highest BCUT2D eigenvalue weighted by molar-refractivity contribution is 7.91. The average molecular weight is 390 g/mol. The van der Waals surface area contributed by atoms with Gasteiger partial charge >= 0.3 is 0 Å². The van der Waals surface area contributed by atoms with E-state index in [1.807, 2.05) is 6.92 Å². The maximum Gasteiger partial charge on any atom is 0.220 e. The molecule has 1 N–H and O–H groups in total. The van der Waals surface area contributed by atoms with Gasteiger partial charge in [-0.25, -0.2) is 8.42 Å². The molecule has 0 unspecified atom stereocenters. The number of benzene rings is 1. The number of nitrogens with one attached hydrogen (secondary N) is 1. The molecule has 0 radical (unpaired) electrons. The summed E-state index contributed by atoms with van der Waals surface area (Å²) in [6.07, 6.45) is 4.13. The lowest BCUT2D eigenvalue weighted by Gasteiger charge is -2.21. The molecule has 8 heteroatoms. The van der Waals surface area contributed by atoms with Gasteiger partial charge in [0.1, 0.15) is 18.5 Å². The Balaban J connectivity index is 1.93. The zero-order valence-corrected chi connectivity index (χ0v) is 15.9. The average Bonchev–Trinajstić information content (AvgIpc) is 2.68. The third-order valence-corrected chi connectivity index (χ3v) is 6.33. The van der Waals surface area contributed by atoms with E-state index in [0.29, 0.717) is 43.1 Å². The first-order valence-corrected chi connectivity index (χ1v) is 10.4. The van der Waals surface area contributed by atoms with Crippen molar-refractivity contribution >= 4 is 15.7 Å². The Bertz CT molecular complexity index is 900. The van der Waals surface area contributed by atoms with Gasteiger partial charge in [0.15, 0.2) is 21.3 Å². The molecule has 2 aromatic rings. The third kappa shape index (κ3) is 4.39. The maximum absolute atomic E-state index is 13.3. The molecule has 0 saturated carbocycles. The number of hydrogen-bond acceptors (Lipinski definition) is 6. The molecule has 3 rings (SSSR count). The number of carbonyl (C=O) groups is 1. The first-order chi connectivity index (χ1) is 13.0. The molecule has 0 bridgehead atoms. The number of nitrogens with zero attached hydrogens (tertiary/aromatic N) is 1. The Morgan fingerprint density at radius 2 is 2.00 bits per heavy atom. The van der Waals surface area contributed by atoms with Crippen LogP contribution in [0, 0.1) is 0 Å². The van der Waals surface area contributed by atoms with E-state index in [-0.39, 0.29) is 17.3 Å². The number of rotatable bonds is 7. The molecular formula is C19H22N2O5S. The fourth-order valence-corrected chi connectivity index (χ4v) is 4.52. The number of pyridine rings is 1. The van der Waals surface area contributed by atoms with Gasteiger partial charge in [0.05, 0.1) is 4.90 Å². The van der Waals surface area contributed by atoms with Crippen molar-refractivity contribution in [3.05, 3.63) is 48.3 Å². The van der Waals surface area contributed by atoms with Crippen LogP contribution in [0.3, 0.4) is 0 Å². The zero-order valence-electron chi connectivity index (χ0n) is 15.1. The van der Waals surface area contributed by atoms with Gasteiger partial charge in [-0.1, -0.05) is 13.0 Å². The summed E-state index contributed by atoms with van der Waals surface area (Å²) in [7, 11) is -3.79. The van der Waals surface area contributed by atoms with Crippen molar-refractivity contribution < 1.29 is 22.7 Å². The fraction of sp³-hybridized carbons (Fsp3) is 0.368. The molecule has 144 valence electrons. The van der Waals surface area contributed by atoms with Gasteiger partial charge in [0.25, 0.3) is 0 Å². The van der Waals surface area contributed by atoms with Gasteiger partial charge in [-0.15, -0.1) is 0 Å². The van der Waals surface area contributed by atoms with Gasteiger partial charge in [0, 0.05) is 31.4 Å². The number of carbonyl (C=O) groups excluding carboxylic acids is 1. The van der Waals surface area contributed by atoms with E-state index in [9.17, 15) is 13.2 Å². The Kier molecular flexibility index (Phi) is 5.95. The van der Waals surface area contributed by atoms with Crippen LogP contribution in [0.1, 0.15) is 30.6 Å². The minimum atomic E-state index is -3.79. The Hall–Kier alpha value is -2.61. The predicted molar refractivity (Wildman–Crippen MR) is 99.5 cm³/mol. The highest BCUT2D eigenvalue weighted by Crippen LogP contribution is 2.36. The quantitative estimate of drug-likeness (QED) is 0.779. The van der Waals surface area contributed by atoms with Crippen LogP contribution in [0.25, 0.3) is 0 Å². The summed E-state index contributed by atoms with van der Waals surface area (Å²) in [5.41, 5.74) is 0.518. The third-order valence-electron chi connectivity index (χ3n) is 4.23. The first kappa shape index (κ1) is 19.2. The number of hydrogen-bond donors (Lipinski definition) is 1. The van der Waals surface area contributed by atoms with Crippen LogP contribution in [0.4, 0.5) is 0 Å². The molecule has 0 saturated heterocycles. The molecule has 1 amide bonds. The van der Waals surface area contributed by atoms with Gasteiger partial charge in [0.2, 0.25) is 5.91 Å². The van der Waals surface area contributed by atoms with E-state index in [1.165, 1.54) is 18.3 Å². The summed E-state index contributed by atoms with van der Waals surface area (Å²) in [6, 6.07) is 7.94. The predicted octanol–water partition coefficient (Wildman–Crippen LogP) is 2.28. The second-order valence-corrected chi connectivity index (χ2v) is 8.31. The topological polar surface area (TPSA) is 94.6 Å². The normalized spacial score (nSPS) is 14.4. The summed E-state index contributed by atoms with van der Waals surface area (Å²) in [5.74, 6) is 0.750. The molecule has 1 aromatic carbocycles. The van der Waals surface area contributed by atoms with E-state index in [4.69, 9.17) is 9.47 Å². The van der Waals surface area contributed by atoms with E-state index >= 15 is 0 Å². The van der Waals surface area contributed by atoms with Crippen LogP contribution in [-0.4, -0.2) is 39.1 Å². The van der Waals surface area contributed by atoms with Crippen molar-refractivity contribution in [1.29, 1.82) is 0 Å². The van der Waals surface area contributed by atoms with Crippen molar-refractivity contribution in [2.75, 3.05) is 19.8 Å². The highest BCUT2D eigenvalue weighted by Gasteiger charge is 2.31. The molecule has 0 spiro atoms. The van der Waals surface area contributed by atoms with E-state index in [1.54, 1.807) is 24.4 Å². The maximum atomic E-state index is 13.3. The Morgan fingerprint density at radius 3 is 2.70 bits per heavy atom. The summed E-state index contributed by atoms with van der Waals surface area (Å²) < 4.78 is 37.6. The molecular weight excluding hydrogens is 368 g/mol. The zero-order chi connectivity index (χ0) is 19.3. The lowest BCUT2D eigenvalue weighted by atomic mass is 10.2. The Morgan fingerprint density at radius 1 is 1.22 bits per heavy atom. The van der Waals surface area contributed by atoms with Gasteiger partial charge < -0.3 is 14.8 Å². The lowest BCUT2D eigenvalue weighted by Crippen LogP contribution is -2.31. The van der Waals surface area contributed by atoms with Crippen molar-refractivity contribution in [1.82, 2.24) is 10.3 Å². The van der Waals surface area contributed by atoms with Crippen LogP contribution in [-0.2, 0) is 14.6 Å². The SMILES string of the molecule is CCCC(=O)NC[C@@H](c1cccnc1)S(=O)(=O)c1ccc2c(c1)OCCO2. The highest BCUT2D eigenvalue weighted by atomic mass is 32.2. The number of aromatic nitrogens is 1. The molecule has 0 aliphatic carbocycles. The summed E-state index contributed by atoms with van der Waals surface area (Å²) in [6.45, 7) is 2.67. The van der Waals surface area contributed by atoms with Crippen LogP contribution < -0.4 is 14.8 Å². The largest absolute Gasteiger partial charge is 0.486 e. The van der Waals surface area contributed by atoms with Crippen molar-refractivity contribution in [2.24, 2.45) is 0 Å². The molecule has 1 aliphatic rings. The van der Waals surface area contributed by atoms with Crippen molar-refractivity contribution in [3.63, 3.8) is 0 Å². The van der Waals surface area contributed by atoms with Crippen LogP contribution >= 0.6 is 0 Å². The molecule has 2 heterocycles. The second kappa shape index (κ2) is 8.39. The summed E-state index contributed by atoms with van der Waals surface area (Å²) in [4.78, 5) is 16.0. The van der Waals surface area contributed by atoms with Crippen LogP contribution in [0.15, 0.2) is 47.6 Å². The number of sulfone groups is 1. The molecule has 7 nitrogen and oxygen atoms in total. The fourth-order valence-electron chi connectivity index (χ4n) is 2.86. The molecule has 1 atom stereocenters. The van der Waals surface area contributed by atoms with E-state index in [0.717, 1.165) is 0 Å². The molecule has 27 heavy (non-hydrogen) atoms. The van der Waals surface area contributed by atoms with Gasteiger partial charge in [-0.3, -0.25) is 9.78 Å². The minimum absolute atomic E-state index is 0.0265. The summed E-state index contributed by atoms with van der Waals surface area (Å²) >= 11 is 0. The molecule has 0 fully saturated rings. The smallest absolute Gasteiger partial charge is 0.220 e. The number of ether oxygens (including phenoxy) is 2. The van der Waals surface area contributed by atoms with E-state index < -0.39 is 15.1 Å². The standard InChI is InChI=1S/C19H22N2O5S/c1-2-4-19(22)21-13-18(14-5-3-8-20-12-14)27(23,24)15-6-7-16-17(11-15)26-10-9-25-16/h3,5-8,11-12,18H,2,4,9-10,13H2,1H3,(H,21,22)/t18-/m0/s1. The van der Waals surface area contributed by atoms with Crippen molar-refractivity contribution in [2.45, 2.75) is 29.9 Å². The van der Waals surface area contributed by atoms with Crippen LogP contribution in [0.2, 0.25) is 0 Å². The summed E-state index contributed by atoms with van der Waals surface area (Å²) in [5, 5.41) is 1.77. The number of amides is 1. The molecule has 1 aromatic heterocycles. The van der Waals surface area contributed by atoms with Crippen LogP contribution in [0.5, 0.6) is 11.5 Å². The van der Waals surface area contributed by atoms with Gasteiger partial charge in [-0.05, 0) is 30.2 Å². The van der Waals surface area contributed by atoms with Gasteiger partial charge in [-0.2, -0.15) is 0 Å². The number of fused-ring (bicyclic) bond motifs is 1. The minimum Gasteiger partial charge on any atom is -0.486 e. The first-order valence-electron chi connectivity index (χ1n) is 8.82. The lowest BCUT2D eigenvalue weighted by molar-refractivity contribution is -0.121. The van der Waals surface area contributed by atoms with E-state index in [2.05, 4.69) is 10.3 Å². The second-order valence-electron chi connectivity index (χ2n) is 6.18. The molecule has 1 aliphatic heterocycles.